The highest BCUT2D eigenvalue weighted by atomic mass is 16.5. The summed E-state index contributed by atoms with van der Waals surface area (Å²) in [5.41, 5.74) is 1.12. The van der Waals surface area contributed by atoms with Gasteiger partial charge in [0.2, 0.25) is 0 Å². The van der Waals surface area contributed by atoms with Crippen molar-refractivity contribution in [1.29, 1.82) is 0 Å². The average molecular weight is 267 g/mol. The molecule has 1 aromatic carbocycles. The van der Waals surface area contributed by atoms with Gasteiger partial charge in [0.1, 0.15) is 5.75 Å². The molecule has 1 aromatic rings. The molecule has 0 saturated heterocycles. The first kappa shape index (κ1) is 16.0. The summed E-state index contributed by atoms with van der Waals surface area (Å²) < 4.78 is 5.42. The van der Waals surface area contributed by atoms with Crippen molar-refractivity contribution in [3.8, 4) is 5.75 Å². The smallest absolute Gasteiger partial charge is 0.119 e. The molecular formula is C15H25NO3. The molecule has 0 aliphatic carbocycles. The molecule has 0 fully saturated rings. The fourth-order valence-electron chi connectivity index (χ4n) is 1.86. The molecule has 4 heteroatoms. The molecule has 0 aliphatic heterocycles. The highest BCUT2D eigenvalue weighted by Gasteiger charge is 2.21. The van der Waals surface area contributed by atoms with E-state index in [4.69, 9.17) is 14.9 Å². The van der Waals surface area contributed by atoms with Gasteiger partial charge in [0.15, 0.2) is 0 Å². The van der Waals surface area contributed by atoms with E-state index in [1.807, 2.05) is 19.1 Å². The van der Waals surface area contributed by atoms with Gasteiger partial charge in [-0.1, -0.05) is 26.0 Å². The van der Waals surface area contributed by atoms with Gasteiger partial charge in [0, 0.05) is 12.0 Å². The molecule has 0 aromatic heterocycles. The van der Waals surface area contributed by atoms with Gasteiger partial charge in [-0.2, -0.15) is 0 Å². The third-order valence-corrected chi connectivity index (χ3v) is 3.22. The highest BCUT2D eigenvalue weighted by molar-refractivity contribution is 5.31. The minimum Gasteiger partial charge on any atom is -0.494 e. The Morgan fingerprint density at radius 3 is 2.21 bits per heavy atom. The lowest BCUT2D eigenvalue weighted by Crippen LogP contribution is -2.42. The summed E-state index contributed by atoms with van der Waals surface area (Å²) >= 11 is 0. The fraction of sp³-hybridized carbons (Fsp3) is 0.600. The van der Waals surface area contributed by atoms with Crippen LogP contribution in [-0.2, 0) is 5.41 Å². The zero-order chi connectivity index (χ0) is 14.3. The number of nitrogens with one attached hydrogen (secondary N) is 1. The van der Waals surface area contributed by atoms with Crippen LogP contribution >= 0.6 is 0 Å². The van der Waals surface area contributed by atoms with Crippen molar-refractivity contribution in [2.75, 3.05) is 26.4 Å². The van der Waals surface area contributed by atoms with Crippen molar-refractivity contribution in [3.63, 3.8) is 0 Å². The van der Waals surface area contributed by atoms with Gasteiger partial charge in [-0.25, -0.2) is 0 Å². The maximum absolute atomic E-state index is 9.05. The monoisotopic (exact) mass is 267 g/mol. The molecule has 1 rings (SSSR count). The van der Waals surface area contributed by atoms with Crippen LogP contribution in [0.5, 0.6) is 5.75 Å². The number of aliphatic hydroxyl groups is 2. The molecule has 0 amide bonds. The van der Waals surface area contributed by atoms with Crippen LogP contribution in [-0.4, -0.2) is 42.6 Å². The maximum Gasteiger partial charge on any atom is 0.119 e. The SMILES string of the molecule is CCOc1ccc(C(C)(C)CNC(CO)CO)cc1. The minimum atomic E-state index is -0.262. The second-order valence-electron chi connectivity index (χ2n) is 5.28. The molecule has 0 spiro atoms. The van der Waals surface area contributed by atoms with Crippen LogP contribution in [0.25, 0.3) is 0 Å². The molecule has 0 saturated carbocycles. The Labute approximate surface area is 115 Å². The lowest BCUT2D eigenvalue weighted by atomic mass is 9.84. The van der Waals surface area contributed by atoms with E-state index >= 15 is 0 Å². The summed E-state index contributed by atoms with van der Waals surface area (Å²) in [6.07, 6.45) is 0. The highest BCUT2D eigenvalue weighted by Crippen LogP contribution is 2.24. The first-order valence-electron chi connectivity index (χ1n) is 6.72. The van der Waals surface area contributed by atoms with Gasteiger partial charge >= 0.3 is 0 Å². The van der Waals surface area contributed by atoms with Crippen LogP contribution in [0.3, 0.4) is 0 Å². The summed E-state index contributed by atoms with van der Waals surface area (Å²) in [4.78, 5) is 0. The summed E-state index contributed by atoms with van der Waals surface area (Å²) in [6, 6.07) is 7.79. The van der Waals surface area contributed by atoms with Crippen LogP contribution in [0.4, 0.5) is 0 Å². The predicted molar refractivity (Wildman–Crippen MR) is 76.6 cm³/mol. The second-order valence-corrected chi connectivity index (χ2v) is 5.28. The van der Waals surface area contributed by atoms with Gasteiger partial charge in [0.25, 0.3) is 0 Å². The lowest BCUT2D eigenvalue weighted by molar-refractivity contribution is 0.166. The van der Waals surface area contributed by atoms with Gasteiger partial charge in [-0.15, -0.1) is 0 Å². The van der Waals surface area contributed by atoms with E-state index in [-0.39, 0.29) is 24.7 Å². The predicted octanol–water partition coefficient (Wildman–Crippen LogP) is 1.31. The van der Waals surface area contributed by atoms with Crippen molar-refractivity contribution >= 4 is 0 Å². The van der Waals surface area contributed by atoms with Gasteiger partial charge in [-0.05, 0) is 24.6 Å². The molecule has 0 heterocycles. The Kier molecular flexibility index (Phi) is 6.28. The van der Waals surface area contributed by atoms with Gasteiger partial charge < -0.3 is 20.3 Å². The van der Waals surface area contributed by atoms with Crippen LogP contribution in [0.2, 0.25) is 0 Å². The summed E-state index contributed by atoms with van der Waals surface area (Å²) in [6.45, 7) is 7.45. The average Bonchev–Trinajstić information content (AvgIpc) is 2.41. The molecule has 0 unspecified atom stereocenters. The van der Waals surface area contributed by atoms with E-state index in [1.54, 1.807) is 0 Å². The van der Waals surface area contributed by atoms with Crippen LogP contribution in [0, 0.1) is 0 Å². The Balaban J connectivity index is 2.65. The Morgan fingerprint density at radius 2 is 1.74 bits per heavy atom. The lowest BCUT2D eigenvalue weighted by Gasteiger charge is -2.28. The van der Waals surface area contributed by atoms with E-state index in [0.717, 1.165) is 5.75 Å². The molecule has 19 heavy (non-hydrogen) atoms. The summed E-state index contributed by atoms with van der Waals surface area (Å²) in [7, 11) is 0. The molecule has 0 aliphatic rings. The molecule has 108 valence electrons. The first-order chi connectivity index (χ1) is 9.03. The standard InChI is InChI=1S/C15H25NO3/c1-4-19-14-7-5-12(6-8-14)15(2,3)11-16-13(9-17)10-18/h5-8,13,16-18H,4,9-11H2,1-3H3. The molecule has 3 N–H and O–H groups in total. The summed E-state index contributed by atoms with van der Waals surface area (Å²) in [5.74, 6) is 0.874. The van der Waals surface area contributed by atoms with Gasteiger partial charge in [0.05, 0.1) is 25.9 Å². The second kappa shape index (κ2) is 7.48. The first-order valence-corrected chi connectivity index (χ1v) is 6.72. The van der Waals surface area contributed by atoms with E-state index < -0.39 is 0 Å². The number of ether oxygens (including phenoxy) is 1. The molecule has 4 nitrogen and oxygen atoms in total. The Bertz CT molecular complexity index is 358. The summed E-state index contributed by atoms with van der Waals surface area (Å²) in [5, 5.41) is 21.3. The zero-order valence-corrected chi connectivity index (χ0v) is 12.0. The third-order valence-electron chi connectivity index (χ3n) is 3.22. The van der Waals surface area contributed by atoms with Crippen molar-refractivity contribution in [1.82, 2.24) is 5.32 Å². The molecular weight excluding hydrogens is 242 g/mol. The molecule has 0 radical (unpaired) electrons. The van der Waals surface area contributed by atoms with E-state index in [1.165, 1.54) is 5.56 Å². The number of benzene rings is 1. The van der Waals surface area contributed by atoms with Crippen LogP contribution < -0.4 is 10.1 Å². The quantitative estimate of drug-likeness (QED) is 0.664. The van der Waals surface area contributed by atoms with Crippen molar-refractivity contribution in [3.05, 3.63) is 29.8 Å². The Morgan fingerprint density at radius 1 is 1.16 bits per heavy atom. The van der Waals surface area contributed by atoms with Crippen LogP contribution in [0.1, 0.15) is 26.3 Å². The van der Waals surface area contributed by atoms with Crippen LogP contribution in [0.15, 0.2) is 24.3 Å². The normalized spacial score (nSPS) is 11.9. The fourth-order valence-corrected chi connectivity index (χ4v) is 1.86. The topological polar surface area (TPSA) is 61.7 Å². The number of hydrogen-bond acceptors (Lipinski definition) is 4. The Hall–Kier alpha value is -1.10. The van der Waals surface area contributed by atoms with E-state index in [9.17, 15) is 0 Å². The van der Waals surface area contributed by atoms with E-state index in [0.29, 0.717) is 13.2 Å². The largest absolute Gasteiger partial charge is 0.494 e. The third kappa shape index (κ3) is 4.82. The minimum absolute atomic E-state index is 0.0597. The zero-order valence-electron chi connectivity index (χ0n) is 12.0. The number of hydrogen-bond donors (Lipinski definition) is 3. The number of aliphatic hydroxyl groups excluding tert-OH is 2. The molecule has 0 atom stereocenters. The number of rotatable bonds is 8. The van der Waals surface area contributed by atoms with Gasteiger partial charge in [-0.3, -0.25) is 0 Å². The van der Waals surface area contributed by atoms with Crippen molar-refractivity contribution in [2.45, 2.75) is 32.2 Å². The van der Waals surface area contributed by atoms with E-state index in [2.05, 4.69) is 31.3 Å². The van der Waals surface area contributed by atoms with Crippen molar-refractivity contribution < 1.29 is 14.9 Å². The van der Waals surface area contributed by atoms with Crippen molar-refractivity contribution in [2.24, 2.45) is 0 Å². The molecule has 0 bridgehead atoms. The maximum atomic E-state index is 9.05.